The molecule has 2 aromatic rings. The molecule has 4 nitrogen and oxygen atoms in total. The van der Waals surface area contributed by atoms with E-state index in [9.17, 15) is 0 Å². The fourth-order valence-corrected chi connectivity index (χ4v) is 2.25. The van der Waals surface area contributed by atoms with Gasteiger partial charge >= 0.3 is 0 Å². The number of anilines is 1. The van der Waals surface area contributed by atoms with Gasteiger partial charge < -0.3 is 10.3 Å². The molecule has 0 saturated carbocycles. The lowest BCUT2D eigenvalue weighted by atomic mass is 10.3. The van der Waals surface area contributed by atoms with Gasteiger partial charge in [-0.25, -0.2) is 0 Å². The van der Waals surface area contributed by atoms with Crippen molar-refractivity contribution in [3.8, 4) is 10.8 Å². The van der Waals surface area contributed by atoms with Crippen LogP contribution in [0.1, 0.15) is 24.7 Å². The molecule has 0 aliphatic carbocycles. The molecule has 0 spiro atoms. The van der Waals surface area contributed by atoms with E-state index >= 15 is 0 Å². The van der Waals surface area contributed by atoms with Gasteiger partial charge in [0.15, 0.2) is 5.82 Å². The van der Waals surface area contributed by atoms with Gasteiger partial charge in [0.25, 0.3) is 5.89 Å². The highest BCUT2D eigenvalue weighted by Crippen LogP contribution is 2.32. The number of thiophene rings is 1. The molecule has 0 unspecified atom stereocenters. The van der Waals surface area contributed by atoms with E-state index in [1.807, 2.05) is 13.0 Å². The first-order valence-corrected chi connectivity index (χ1v) is 5.71. The average Bonchev–Trinajstić information content (AvgIpc) is 2.73. The molecule has 0 bridgehead atoms. The minimum Gasteiger partial charge on any atom is -0.391 e. The second kappa shape index (κ2) is 4.02. The summed E-state index contributed by atoms with van der Waals surface area (Å²) in [6.45, 7) is 4.08. The average molecular weight is 223 g/mol. The predicted molar refractivity (Wildman–Crippen MR) is 60.8 cm³/mol. The molecule has 80 valence electrons. The first-order valence-electron chi connectivity index (χ1n) is 4.89. The van der Waals surface area contributed by atoms with Crippen LogP contribution in [0, 0.1) is 6.92 Å². The van der Waals surface area contributed by atoms with Gasteiger partial charge in [0.2, 0.25) is 0 Å². The van der Waals surface area contributed by atoms with Crippen LogP contribution in [0.25, 0.3) is 10.8 Å². The van der Waals surface area contributed by atoms with Crippen LogP contribution in [0.2, 0.25) is 0 Å². The number of nitrogens with zero attached hydrogens (tertiary/aromatic N) is 2. The van der Waals surface area contributed by atoms with Gasteiger partial charge in [0, 0.05) is 6.42 Å². The van der Waals surface area contributed by atoms with Crippen LogP contribution >= 0.6 is 11.3 Å². The third-order valence-electron chi connectivity index (χ3n) is 2.07. The molecule has 0 atom stereocenters. The van der Waals surface area contributed by atoms with Gasteiger partial charge in [0.1, 0.15) is 0 Å². The molecule has 0 amide bonds. The molecule has 0 aliphatic heterocycles. The van der Waals surface area contributed by atoms with E-state index in [2.05, 4.69) is 17.1 Å². The first kappa shape index (κ1) is 10.2. The molecular weight excluding hydrogens is 210 g/mol. The highest BCUT2D eigenvalue weighted by molar-refractivity contribution is 7.19. The number of nitrogens with two attached hydrogens (primary N) is 1. The van der Waals surface area contributed by atoms with Crippen molar-refractivity contribution in [1.82, 2.24) is 10.1 Å². The Bertz CT molecular complexity index is 461. The van der Waals surface area contributed by atoms with Gasteiger partial charge in [-0.3, -0.25) is 0 Å². The molecule has 2 N–H and O–H groups in total. The Hall–Kier alpha value is -1.36. The lowest BCUT2D eigenvalue weighted by Crippen LogP contribution is -1.85. The number of rotatable bonds is 3. The van der Waals surface area contributed by atoms with Crippen LogP contribution in [0.3, 0.4) is 0 Å². The topological polar surface area (TPSA) is 64.9 Å². The monoisotopic (exact) mass is 223 g/mol. The maximum Gasteiger partial charge on any atom is 0.268 e. The fourth-order valence-electron chi connectivity index (χ4n) is 1.39. The summed E-state index contributed by atoms with van der Waals surface area (Å²) >= 11 is 1.48. The Kier molecular flexibility index (Phi) is 2.73. The summed E-state index contributed by atoms with van der Waals surface area (Å²) in [5.74, 6) is 1.34. The first-order chi connectivity index (χ1) is 7.20. The maximum absolute atomic E-state index is 5.71. The van der Waals surface area contributed by atoms with E-state index in [0.29, 0.717) is 5.89 Å². The minimum atomic E-state index is 0.581. The maximum atomic E-state index is 5.71. The number of hydrogen-bond donors (Lipinski definition) is 1. The zero-order chi connectivity index (χ0) is 10.8. The molecule has 2 rings (SSSR count). The molecule has 0 fully saturated rings. The van der Waals surface area contributed by atoms with Crippen LogP contribution in [0.5, 0.6) is 0 Å². The van der Waals surface area contributed by atoms with Gasteiger partial charge in [-0.15, -0.1) is 11.3 Å². The smallest absolute Gasteiger partial charge is 0.268 e. The lowest BCUT2D eigenvalue weighted by molar-refractivity contribution is 0.423. The number of aromatic nitrogens is 2. The van der Waals surface area contributed by atoms with Gasteiger partial charge in [0.05, 0.1) is 9.88 Å². The van der Waals surface area contributed by atoms with Gasteiger partial charge in [-0.1, -0.05) is 12.1 Å². The summed E-state index contributed by atoms with van der Waals surface area (Å²) in [6.07, 6.45) is 1.87. The van der Waals surface area contributed by atoms with Crippen molar-refractivity contribution in [2.75, 3.05) is 5.73 Å². The second-order valence-electron chi connectivity index (χ2n) is 3.43. The standard InChI is InChI=1S/C10H13N3OS/c1-3-4-8-12-10(14-13-8)9-6(2)5-7(11)15-9/h5H,3-4,11H2,1-2H3. The quantitative estimate of drug-likeness (QED) is 0.868. The van der Waals surface area contributed by atoms with Crippen LogP contribution < -0.4 is 5.73 Å². The van der Waals surface area contributed by atoms with Crippen LogP contribution in [-0.2, 0) is 6.42 Å². The van der Waals surface area contributed by atoms with E-state index < -0.39 is 0 Å². The predicted octanol–water partition coefficient (Wildman–Crippen LogP) is 2.64. The number of hydrogen-bond acceptors (Lipinski definition) is 5. The molecule has 0 saturated heterocycles. The zero-order valence-electron chi connectivity index (χ0n) is 8.78. The van der Waals surface area contributed by atoms with E-state index in [-0.39, 0.29) is 0 Å². The Morgan fingerprint density at radius 3 is 2.93 bits per heavy atom. The minimum absolute atomic E-state index is 0.581. The molecule has 0 aromatic carbocycles. The highest BCUT2D eigenvalue weighted by atomic mass is 32.1. The third kappa shape index (κ3) is 2.02. The SMILES string of the molecule is CCCc1noc(-c2sc(N)cc2C)n1. The summed E-state index contributed by atoms with van der Waals surface area (Å²) < 4.78 is 5.19. The van der Waals surface area contributed by atoms with Crippen molar-refractivity contribution < 1.29 is 4.52 Å². The Labute approximate surface area is 92.1 Å². The van der Waals surface area contributed by atoms with Gasteiger partial charge in [-0.05, 0) is 25.0 Å². The Balaban J connectivity index is 2.32. The summed E-state index contributed by atoms with van der Waals surface area (Å²) in [5.41, 5.74) is 6.80. The second-order valence-corrected chi connectivity index (χ2v) is 4.51. The molecule has 15 heavy (non-hydrogen) atoms. The summed E-state index contributed by atoms with van der Waals surface area (Å²) in [6, 6.07) is 1.92. The zero-order valence-corrected chi connectivity index (χ0v) is 9.60. The molecule has 2 aromatic heterocycles. The van der Waals surface area contributed by atoms with E-state index in [1.165, 1.54) is 11.3 Å². The summed E-state index contributed by atoms with van der Waals surface area (Å²) in [5, 5.41) is 4.69. The fraction of sp³-hybridized carbons (Fsp3) is 0.400. The molecule has 5 heteroatoms. The molecule has 0 aliphatic rings. The van der Waals surface area contributed by atoms with Crippen molar-refractivity contribution in [3.05, 3.63) is 17.5 Å². The Morgan fingerprint density at radius 1 is 1.53 bits per heavy atom. The Morgan fingerprint density at radius 2 is 2.33 bits per heavy atom. The van der Waals surface area contributed by atoms with Crippen molar-refractivity contribution in [2.45, 2.75) is 26.7 Å². The van der Waals surface area contributed by atoms with Crippen LogP contribution in [0.15, 0.2) is 10.6 Å². The van der Waals surface area contributed by atoms with E-state index in [1.54, 1.807) is 0 Å². The molecule has 0 radical (unpaired) electrons. The number of nitrogen functional groups attached to an aromatic ring is 1. The lowest BCUT2D eigenvalue weighted by Gasteiger charge is -1.88. The van der Waals surface area contributed by atoms with Crippen LogP contribution in [0.4, 0.5) is 5.00 Å². The van der Waals surface area contributed by atoms with Crippen molar-refractivity contribution >= 4 is 16.3 Å². The van der Waals surface area contributed by atoms with Crippen molar-refractivity contribution in [3.63, 3.8) is 0 Å². The van der Waals surface area contributed by atoms with Crippen LogP contribution in [-0.4, -0.2) is 10.1 Å². The largest absolute Gasteiger partial charge is 0.391 e. The molecular formula is C10H13N3OS. The summed E-state index contributed by atoms with van der Waals surface area (Å²) in [4.78, 5) is 5.30. The van der Waals surface area contributed by atoms with E-state index in [0.717, 1.165) is 34.1 Å². The van der Waals surface area contributed by atoms with Crippen molar-refractivity contribution in [1.29, 1.82) is 0 Å². The normalized spacial score (nSPS) is 10.8. The van der Waals surface area contributed by atoms with Crippen molar-refractivity contribution in [2.24, 2.45) is 0 Å². The van der Waals surface area contributed by atoms with Gasteiger partial charge in [-0.2, -0.15) is 4.98 Å². The summed E-state index contributed by atoms with van der Waals surface area (Å²) in [7, 11) is 0. The number of aryl methyl sites for hydroxylation is 2. The highest BCUT2D eigenvalue weighted by Gasteiger charge is 2.13. The van der Waals surface area contributed by atoms with E-state index in [4.69, 9.17) is 10.3 Å². The molecule has 2 heterocycles. The third-order valence-corrected chi connectivity index (χ3v) is 3.13.